The van der Waals surface area contributed by atoms with E-state index in [2.05, 4.69) is 55.4 Å². The summed E-state index contributed by atoms with van der Waals surface area (Å²) in [5.41, 5.74) is 0. The van der Waals surface area contributed by atoms with Crippen LogP contribution in [0.25, 0.3) is 0 Å². The fraction of sp³-hybridized carbons (Fsp3) is 1.00. The maximum Gasteiger partial charge on any atom is 0.0505 e. The van der Waals surface area contributed by atoms with Gasteiger partial charge in [0, 0.05) is 73.0 Å². The Kier molecular flexibility index (Phi) is 65.9. The molecular formula is C36H84O10P4Tc. The maximum absolute atomic E-state index is 5.58. The molecule has 0 aliphatic heterocycles. The first-order valence-corrected chi connectivity index (χ1v) is 26.7. The summed E-state index contributed by atoms with van der Waals surface area (Å²) in [6, 6.07) is 0. The van der Waals surface area contributed by atoms with Crippen molar-refractivity contribution < 1.29 is 69.0 Å². The predicted molar refractivity (Wildman–Crippen MR) is 225 cm³/mol. The molecule has 4 N–H and O–H groups in total. The third-order valence-corrected chi connectivity index (χ3v) is 18.2. The molecule has 0 atom stereocenters. The monoisotopic (exact) mass is 898 g/mol. The average Bonchev–Trinajstić information content (AvgIpc) is 3.09. The number of rotatable bonds is 38. The van der Waals surface area contributed by atoms with Crippen LogP contribution in [0.5, 0.6) is 0 Å². The molecule has 0 rings (SSSR count). The zero-order valence-corrected chi connectivity index (χ0v) is 39.7. The van der Waals surface area contributed by atoms with Gasteiger partial charge in [-0.3, -0.25) is 0 Å². The van der Waals surface area contributed by atoms with Crippen molar-refractivity contribution in [3.63, 3.8) is 0 Å². The van der Waals surface area contributed by atoms with Gasteiger partial charge in [-0.1, -0.05) is 0 Å². The fourth-order valence-corrected chi connectivity index (χ4v) is 14.9. The molecule has 0 aliphatic rings. The first-order valence-electron chi connectivity index (χ1n) is 19.1. The van der Waals surface area contributed by atoms with Gasteiger partial charge in [-0.15, -0.1) is 31.7 Å². The standard InChI is InChI=1S/2C18H40O4P2.2H2O.Tc/c2*1-5-19-9-13-23(14-10-20-6-2)17-18-24(15-11-21-7-3)16-12-22-8-4;;;/h2*5-18H2,1-4H3;2*1H2;/i;;;;1+0. The van der Waals surface area contributed by atoms with Crippen LogP contribution in [0.15, 0.2) is 0 Å². The third kappa shape index (κ3) is 48.0. The molecular weight excluding hydrogens is 814 g/mol. The van der Waals surface area contributed by atoms with Crippen molar-refractivity contribution in [2.75, 3.05) is 180 Å². The van der Waals surface area contributed by atoms with Crippen LogP contribution >= 0.6 is 31.7 Å². The molecule has 0 aromatic carbocycles. The normalized spacial score (nSPS) is 11.1. The summed E-state index contributed by atoms with van der Waals surface area (Å²) in [7, 11) is 0.124. The molecule has 51 heavy (non-hydrogen) atoms. The average molecular weight is 899 g/mol. The van der Waals surface area contributed by atoms with Crippen molar-refractivity contribution in [2.45, 2.75) is 55.4 Å². The van der Waals surface area contributed by atoms with Crippen LogP contribution in [0.4, 0.5) is 0 Å². The molecule has 0 aromatic rings. The number of hydrogen-bond donors (Lipinski definition) is 0. The molecule has 10 nitrogen and oxygen atoms in total. The molecule has 0 saturated heterocycles. The Labute approximate surface area is 334 Å². The molecule has 0 bridgehead atoms. The van der Waals surface area contributed by atoms with Crippen molar-refractivity contribution >= 4 is 31.7 Å². The van der Waals surface area contributed by atoms with Gasteiger partial charge in [0.05, 0.1) is 52.9 Å². The Bertz CT molecular complexity index is 462. The van der Waals surface area contributed by atoms with Gasteiger partial charge in [0.2, 0.25) is 0 Å². The summed E-state index contributed by atoms with van der Waals surface area (Å²) in [6.07, 6.45) is 15.1. The first kappa shape index (κ1) is 62.2. The van der Waals surface area contributed by atoms with Crippen LogP contribution < -0.4 is 0 Å². The number of hydrogen-bond acceptors (Lipinski definition) is 8. The van der Waals surface area contributed by atoms with E-state index in [4.69, 9.17) is 37.9 Å². The summed E-state index contributed by atoms with van der Waals surface area (Å²) in [5.74, 6) is 0. The second kappa shape index (κ2) is 54.1. The minimum atomic E-state index is 0. The van der Waals surface area contributed by atoms with Gasteiger partial charge in [-0.2, -0.15) is 0 Å². The summed E-state index contributed by atoms with van der Waals surface area (Å²) in [4.78, 5) is 0. The van der Waals surface area contributed by atoms with E-state index in [0.29, 0.717) is 0 Å². The van der Waals surface area contributed by atoms with Gasteiger partial charge in [0.15, 0.2) is 0 Å². The Morgan fingerprint density at radius 1 is 0.235 bits per heavy atom. The Balaban J connectivity index is -0.000000261. The molecule has 0 aliphatic carbocycles. The summed E-state index contributed by atoms with van der Waals surface area (Å²) in [5, 5.41) is 0. The van der Waals surface area contributed by atoms with Crippen LogP contribution in [0.3, 0.4) is 0 Å². The molecule has 0 unspecified atom stereocenters. The summed E-state index contributed by atoms with van der Waals surface area (Å²) < 4.78 is 44.6. The Hall–Kier alpha value is 1.97. The SMILES string of the molecule is CCOCCP(CCOCC)CCP(CCOCC)CCOCC.CCOCCP(CCOCC)CCP(CCOCC)CCOCC.O.O.[98Tc]. The van der Waals surface area contributed by atoms with E-state index in [0.717, 1.165) is 106 Å². The van der Waals surface area contributed by atoms with E-state index >= 15 is 0 Å². The van der Waals surface area contributed by atoms with E-state index in [1.54, 1.807) is 0 Å². The van der Waals surface area contributed by atoms with Crippen LogP contribution in [-0.4, -0.2) is 191 Å². The quantitative estimate of drug-likeness (QED) is 0.0504. The van der Waals surface area contributed by atoms with E-state index < -0.39 is 0 Å². The fourth-order valence-electron chi connectivity index (χ4n) is 4.61. The molecule has 0 aromatic heterocycles. The number of ether oxygens (including phenoxy) is 8. The van der Waals surface area contributed by atoms with Gasteiger partial charge in [-0.25, -0.2) is 0 Å². The van der Waals surface area contributed by atoms with Gasteiger partial charge < -0.3 is 48.8 Å². The zero-order valence-electron chi connectivity index (χ0n) is 34.2. The van der Waals surface area contributed by atoms with Crippen molar-refractivity contribution in [1.82, 2.24) is 0 Å². The minimum absolute atomic E-state index is 0. The summed E-state index contributed by atoms with van der Waals surface area (Å²) >= 11 is 0. The second-order valence-electron chi connectivity index (χ2n) is 10.9. The molecule has 0 saturated carbocycles. The molecule has 315 valence electrons. The zero-order chi connectivity index (χ0) is 35.8. The molecule has 1 radical (unpaired) electrons. The van der Waals surface area contributed by atoms with Gasteiger partial charge in [0.25, 0.3) is 0 Å². The molecule has 0 amide bonds. The van der Waals surface area contributed by atoms with Crippen LogP contribution in [0.2, 0.25) is 0 Å². The van der Waals surface area contributed by atoms with Gasteiger partial charge >= 0.3 is 0 Å². The van der Waals surface area contributed by atoms with E-state index in [9.17, 15) is 0 Å². The molecule has 0 heterocycles. The topological polar surface area (TPSA) is 137 Å². The smallest absolute Gasteiger partial charge is 0.0505 e. The first-order chi connectivity index (χ1) is 23.6. The van der Waals surface area contributed by atoms with Crippen molar-refractivity contribution in [2.24, 2.45) is 0 Å². The molecule has 0 fully saturated rings. The van der Waals surface area contributed by atoms with Crippen LogP contribution in [-0.2, 0) is 58.0 Å². The minimum Gasteiger partial charge on any atom is -0.412 e. The van der Waals surface area contributed by atoms with E-state index in [1.807, 2.05) is 0 Å². The van der Waals surface area contributed by atoms with Crippen molar-refractivity contribution in [3.8, 4) is 0 Å². The molecule has 15 heteroatoms. The molecule has 0 spiro atoms. The Morgan fingerprint density at radius 2 is 0.353 bits per heavy atom. The predicted octanol–water partition coefficient (Wildman–Crippen LogP) is 6.54. The van der Waals surface area contributed by atoms with Crippen LogP contribution in [0.1, 0.15) is 55.4 Å². The Morgan fingerprint density at radius 3 is 0.451 bits per heavy atom. The second-order valence-corrected chi connectivity index (χ2v) is 21.7. The largest absolute Gasteiger partial charge is 0.412 e. The van der Waals surface area contributed by atoms with E-state index in [1.165, 1.54) is 73.9 Å². The van der Waals surface area contributed by atoms with E-state index in [-0.39, 0.29) is 62.7 Å². The van der Waals surface area contributed by atoms with Gasteiger partial charge in [-0.05, 0) is 129 Å². The van der Waals surface area contributed by atoms with Gasteiger partial charge in [0.1, 0.15) is 0 Å². The third-order valence-electron chi connectivity index (χ3n) is 7.51. The van der Waals surface area contributed by atoms with Crippen molar-refractivity contribution in [3.05, 3.63) is 0 Å². The van der Waals surface area contributed by atoms with Crippen molar-refractivity contribution in [1.29, 1.82) is 0 Å². The summed E-state index contributed by atoms with van der Waals surface area (Å²) in [6.45, 7) is 30.4. The van der Waals surface area contributed by atoms with Crippen LogP contribution in [0, 0.1) is 0 Å². The maximum atomic E-state index is 5.58.